The number of carbonyl (C=O) groups excluding carboxylic acids is 2. The van der Waals surface area contributed by atoms with E-state index in [2.05, 4.69) is 10.5 Å². The molecule has 1 amide bonds. The lowest BCUT2D eigenvalue weighted by molar-refractivity contribution is -0.125. The zero-order valence-corrected chi connectivity index (χ0v) is 5.50. The van der Waals surface area contributed by atoms with Crippen LogP contribution in [0.3, 0.4) is 0 Å². The van der Waals surface area contributed by atoms with Crippen LogP contribution in [0.5, 0.6) is 0 Å². The smallest absolute Gasteiger partial charge is 0.227 e. The zero-order valence-electron chi connectivity index (χ0n) is 5.50. The first-order chi connectivity index (χ1) is 4.70. The van der Waals surface area contributed by atoms with E-state index in [4.69, 9.17) is 5.21 Å². The molecule has 10 heavy (non-hydrogen) atoms. The molecule has 0 heterocycles. The van der Waals surface area contributed by atoms with Gasteiger partial charge in [0.2, 0.25) is 5.91 Å². The molecule has 0 rings (SSSR count). The molecule has 5 heteroatoms. The molecule has 0 atom stereocenters. The van der Waals surface area contributed by atoms with Gasteiger partial charge in [-0.25, -0.2) is 0 Å². The Balaban J connectivity index is 3.68. The average Bonchev–Trinajstić information content (AvgIpc) is 1.88. The van der Waals surface area contributed by atoms with Gasteiger partial charge in [-0.05, 0) is 0 Å². The summed E-state index contributed by atoms with van der Waals surface area (Å²) in [5.41, 5.74) is 0. The maximum absolute atomic E-state index is 10.4. The fourth-order valence-electron chi connectivity index (χ4n) is 0.357. The van der Waals surface area contributed by atoms with Crippen LogP contribution in [0.15, 0.2) is 5.16 Å². The van der Waals surface area contributed by atoms with Gasteiger partial charge in [0.1, 0.15) is 6.21 Å². The maximum atomic E-state index is 10.4. The standard InChI is InChI=1S/C5H8N2O3/c1-6-5(9)2-4(8)3-7-10/h3,10H,2H2,1H3,(H,6,9). The number of amides is 1. The molecule has 0 radical (unpaired) electrons. The van der Waals surface area contributed by atoms with Gasteiger partial charge in [0.05, 0.1) is 6.42 Å². The molecular weight excluding hydrogens is 136 g/mol. The normalized spacial score (nSPS) is 9.70. The third-order valence-electron chi connectivity index (χ3n) is 0.815. The minimum Gasteiger partial charge on any atom is -0.411 e. The molecule has 0 aliphatic carbocycles. The van der Waals surface area contributed by atoms with Gasteiger partial charge in [0.15, 0.2) is 5.78 Å². The molecule has 0 aliphatic heterocycles. The molecule has 0 saturated heterocycles. The van der Waals surface area contributed by atoms with Gasteiger partial charge < -0.3 is 10.5 Å². The van der Waals surface area contributed by atoms with Crippen molar-refractivity contribution < 1.29 is 14.8 Å². The van der Waals surface area contributed by atoms with Crippen molar-refractivity contribution in [2.75, 3.05) is 7.05 Å². The second kappa shape index (κ2) is 4.49. The molecule has 2 N–H and O–H groups in total. The molecule has 0 unspecified atom stereocenters. The molecule has 0 bridgehead atoms. The molecule has 0 aromatic heterocycles. The molecule has 0 aromatic carbocycles. The Morgan fingerprint density at radius 2 is 2.30 bits per heavy atom. The van der Waals surface area contributed by atoms with Gasteiger partial charge in [0.25, 0.3) is 0 Å². The average molecular weight is 144 g/mol. The summed E-state index contributed by atoms with van der Waals surface area (Å²) in [5.74, 6) is -0.924. The van der Waals surface area contributed by atoms with Crippen LogP contribution in [-0.4, -0.2) is 30.2 Å². The largest absolute Gasteiger partial charge is 0.411 e. The Labute approximate surface area is 57.7 Å². The number of oxime groups is 1. The summed E-state index contributed by atoms with van der Waals surface area (Å²) >= 11 is 0. The van der Waals surface area contributed by atoms with Crippen molar-refractivity contribution in [2.45, 2.75) is 6.42 Å². The van der Waals surface area contributed by atoms with Gasteiger partial charge in [-0.1, -0.05) is 5.16 Å². The van der Waals surface area contributed by atoms with E-state index < -0.39 is 11.7 Å². The third-order valence-corrected chi connectivity index (χ3v) is 0.815. The van der Waals surface area contributed by atoms with E-state index in [0.29, 0.717) is 6.21 Å². The second-order valence-corrected chi connectivity index (χ2v) is 1.56. The molecule has 56 valence electrons. The number of hydrogen-bond donors (Lipinski definition) is 2. The monoisotopic (exact) mass is 144 g/mol. The predicted molar refractivity (Wildman–Crippen MR) is 34.0 cm³/mol. The number of Topliss-reactive ketones (excluding diaryl/α,β-unsaturated/α-hetero) is 1. The lowest BCUT2D eigenvalue weighted by atomic mass is 10.3. The summed E-state index contributed by atoms with van der Waals surface area (Å²) < 4.78 is 0. The van der Waals surface area contributed by atoms with Crippen molar-refractivity contribution in [3.8, 4) is 0 Å². The van der Waals surface area contributed by atoms with E-state index in [1.54, 1.807) is 0 Å². The summed E-state index contributed by atoms with van der Waals surface area (Å²) in [4.78, 5) is 20.9. The van der Waals surface area contributed by atoms with Crippen molar-refractivity contribution in [1.29, 1.82) is 0 Å². The van der Waals surface area contributed by atoms with Crippen molar-refractivity contribution in [3.63, 3.8) is 0 Å². The van der Waals surface area contributed by atoms with E-state index in [9.17, 15) is 9.59 Å². The van der Waals surface area contributed by atoms with Gasteiger partial charge in [-0.15, -0.1) is 0 Å². The van der Waals surface area contributed by atoms with Crippen molar-refractivity contribution in [3.05, 3.63) is 0 Å². The van der Waals surface area contributed by atoms with Crippen LogP contribution in [0.1, 0.15) is 6.42 Å². The van der Waals surface area contributed by atoms with E-state index in [-0.39, 0.29) is 6.42 Å². The summed E-state index contributed by atoms with van der Waals surface area (Å²) in [6.45, 7) is 0. The molecule has 0 spiro atoms. The number of nitrogens with one attached hydrogen (secondary N) is 1. The van der Waals surface area contributed by atoms with Crippen LogP contribution >= 0.6 is 0 Å². The van der Waals surface area contributed by atoms with E-state index in [1.807, 2.05) is 0 Å². The Morgan fingerprint density at radius 3 is 2.70 bits per heavy atom. The molecule has 0 aliphatic rings. The quantitative estimate of drug-likeness (QED) is 0.234. The molecule has 5 nitrogen and oxygen atoms in total. The Morgan fingerprint density at radius 1 is 1.70 bits per heavy atom. The molecular formula is C5H8N2O3. The van der Waals surface area contributed by atoms with E-state index in [0.717, 1.165) is 0 Å². The number of rotatable bonds is 3. The Hall–Kier alpha value is -1.39. The van der Waals surface area contributed by atoms with Crippen LogP contribution in [0.2, 0.25) is 0 Å². The van der Waals surface area contributed by atoms with Crippen LogP contribution in [0.4, 0.5) is 0 Å². The van der Waals surface area contributed by atoms with Crippen LogP contribution < -0.4 is 5.32 Å². The van der Waals surface area contributed by atoms with Crippen LogP contribution in [0, 0.1) is 0 Å². The highest BCUT2D eigenvalue weighted by molar-refractivity contribution is 6.31. The topological polar surface area (TPSA) is 78.8 Å². The number of ketones is 1. The van der Waals surface area contributed by atoms with E-state index >= 15 is 0 Å². The first-order valence-electron chi connectivity index (χ1n) is 2.61. The number of carbonyl (C=O) groups is 2. The van der Waals surface area contributed by atoms with Crippen molar-refractivity contribution in [1.82, 2.24) is 5.32 Å². The molecule has 0 aromatic rings. The number of hydrogen-bond acceptors (Lipinski definition) is 4. The second-order valence-electron chi connectivity index (χ2n) is 1.56. The van der Waals surface area contributed by atoms with Crippen LogP contribution in [0.25, 0.3) is 0 Å². The fourth-order valence-corrected chi connectivity index (χ4v) is 0.357. The summed E-state index contributed by atoms with van der Waals surface area (Å²) in [6, 6.07) is 0. The van der Waals surface area contributed by atoms with Gasteiger partial charge in [-0.2, -0.15) is 0 Å². The molecule has 0 saturated carbocycles. The van der Waals surface area contributed by atoms with Crippen LogP contribution in [-0.2, 0) is 9.59 Å². The first kappa shape index (κ1) is 8.61. The Kier molecular flexibility index (Phi) is 3.86. The summed E-state index contributed by atoms with van der Waals surface area (Å²) in [5, 5.41) is 12.6. The lowest BCUT2D eigenvalue weighted by Gasteiger charge is -1.91. The SMILES string of the molecule is CNC(=O)CC(=O)C=NO. The minimum absolute atomic E-state index is 0.277. The molecule has 0 fully saturated rings. The van der Waals surface area contributed by atoms with Crippen molar-refractivity contribution in [2.24, 2.45) is 5.16 Å². The highest BCUT2D eigenvalue weighted by atomic mass is 16.4. The fraction of sp³-hybridized carbons (Fsp3) is 0.400. The highest BCUT2D eigenvalue weighted by Gasteiger charge is 2.03. The van der Waals surface area contributed by atoms with Gasteiger partial charge >= 0.3 is 0 Å². The first-order valence-corrected chi connectivity index (χ1v) is 2.61. The highest BCUT2D eigenvalue weighted by Crippen LogP contribution is 1.78. The Bertz CT molecular complexity index is 164. The lowest BCUT2D eigenvalue weighted by Crippen LogP contribution is -2.21. The minimum atomic E-state index is -0.526. The summed E-state index contributed by atoms with van der Waals surface area (Å²) in [7, 11) is 1.42. The number of nitrogens with zero attached hydrogens (tertiary/aromatic N) is 1. The predicted octanol–water partition coefficient (Wildman–Crippen LogP) is -0.848. The van der Waals surface area contributed by atoms with Crippen molar-refractivity contribution >= 4 is 17.9 Å². The van der Waals surface area contributed by atoms with E-state index in [1.165, 1.54) is 7.05 Å². The summed E-state index contributed by atoms with van der Waals surface area (Å²) in [6.07, 6.45) is 0.412. The van der Waals surface area contributed by atoms with Gasteiger partial charge in [0, 0.05) is 7.05 Å². The van der Waals surface area contributed by atoms with Gasteiger partial charge in [-0.3, -0.25) is 9.59 Å². The zero-order chi connectivity index (χ0) is 7.98. The maximum Gasteiger partial charge on any atom is 0.227 e. The third kappa shape index (κ3) is 3.59.